The fraction of sp³-hybridized carbons (Fsp3) is 0.800. The van der Waals surface area contributed by atoms with Crippen LogP contribution in [0.15, 0.2) is 11.6 Å². The number of amides is 1. The van der Waals surface area contributed by atoms with Crippen LogP contribution in [-0.4, -0.2) is 11.9 Å². The summed E-state index contributed by atoms with van der Waals surface area (Å²) >= 11 is 0. The maximum Gasteiger partial charge on any atom is 0.220 e. The highest BCUT2D eigenvalue weighted by atomic mass is 16.1. The minimum absolute atomic E-state index is 0.218. The van der Waals surface area contributed by atoms with E-state index in [2.05, 4.69) is 38.2 Å². The van der Waals surface area contributed by atoms with Crippen molar-refractivity contribution in [2.24, 2.45) is 23.7 Å². The van der Waals surface area contributed by atoms with Crippen molar-refractivity contribution in [1.82, 2.24) is 5.32 Å². The van der Waals surface area contributed by atoms with Crippen LogP contribution in [0.25, 0.3) is 0 Å². The van der Waals surface area contributed by atoms with Crippen molar-refractivity contribution in [1.29, 1.82) is 5.26 Å². The van der Waals surface area contributed by atoms with E-state index in [1.807, 2.05) is 0 Å². The molecule has 3 heteroatoms. The number of rotatable bonds is 5. The molecule has 128 valence electrons. The predicted molar refractivity (Wildman–Crippen MR) is 93.5 cm³/mol. The molecule has 0 saturated heterocycles. The molecule has 0 heterocycles. The second-order valence-electron chi connectivity index (χ2n) is 7.88. The Hall–Kier alpha value is -1.30. The van der Waals surface area contributed by atoms with Gasteiger partial charge < -0.3 is 5.32 Å². The average Bonchev–Trinajstić information content (AvgIpc) is 2.50. The second kappa shape index (κ2) is 8.52. The molecule has 1 saturated carbocycles. The van der Waals surface area contributed by atoms with E-state index >= 15 is 0 Å². The van der Waals surface area contributed by atoms with Gasteiger partial charge in [-0.1, -0.05) is 44.8 Å². The molecule has 3 unspecified atom stereocenters. The van der Waals surface area contributed by atoms with Gasteiger partial charge in [0.25, 0.3) is 0 Å². The van der Waals surface area contributed by atoms with E-state index in [9.17, 15) is 4.79 Å². The van der Waals surface area contributed by atoms with Gasteiger partial charge in [-0.15, -0.1) is 0 Å². The van der Waals surface area contributed by atoms with Gasteiger partial charge in [-0.3, -0.25) is 4.79 Å². The summed E-state index contributed by atoms with van der Waals surface area (Å²) in [5.41, 5.74) is 1.31. The molecule has 0 spiro atoms. The number of nitriles is 1. The SMILES string of the molecule is CC1=CC(CC#N)C(C(C)C)CC1CC(=O)NC1CCCCC1. The van der Waals surface area contributed by atoms with E-state index in [1.165, 1.54) is 24.8 Å². The van der Waals surface area contributed by atoms with Gasteiger partial charge in [-0.05, 0) is 49.9 Å². The second-order valence-corrected chi connectivity index (χ2v) is 7.88. The first kappa shape index (κ1) is 18.0. The highest BCUT2D eigenvalue weighted by Gasteiger charge is 2.32. The third-order valence-electron chi connectivity index (χ3n) is 5.81. The maximum atomic E-state index is 12.4. The van der Waals surface area contributed by atoms with Crippen molar-refractivity contribution in [3.63, 3.8) is 0 Å². The quantitative estimate of drug-likeness (QED) is 0.754. The van der Waals surface area contributed by atoms with Crippen molar-refractivity contribution in [2.75, 3.05) is 0 Å². The predicted octanol–water partition coefficient (Wildman–Crippen LogP) is 4.59. The van der Waals surface area contributed by atoms with Gasteiger partial charge in [0.1, 0.15) is 0 Å². The first-order valence-electron chi connectivity index (χ1n) is 9.36. The van der Waals surface area contributed by atoms with Crippen LogP contribution in [-0.2, 0) is 4.79 Å². The van der Waals surface area contributed by atoms with Crippen molar-refractivity contribution in [3.05, 3.63) is 11.6 Å². The molecule has 2 aliphatic rings. The Bertz CT molecular complexity index is 469. The zero-order valence-electron chi connectivity index (χ0n) is 15.0. The van der Waals surface area contributed by atoms with Crippen molar-refractivity contribution >= 4 is 5.91 Å². The molecule has 1 fully saturated rings. The first-order chi connectivity index (χ1) is 11.0. The van der Waals surface area contributed by atoms with E-state index in [4.69, 9.17) is 5.26 Å². The molecule has 0 bridgehead atoms. The summed E-state index contributed by atoms with van der Waals surface area (Å²) in [6.07, 6.45) is 10.6. The van der Waals surface area contributed by atoms with Crippen molar-refractivity contribution in [3.8, 4) is 6.07 Å². The molecule has 1 amide bonds. The number of allylic oxidation sites excluding steroid dienone is 2. The molecule has 0 aliphatic heterocycles. The molecule has 0 aromatic rings. The van der Waals surface area contributed by atoms with Gasteiger partial charge in [-0.25, -0.2) is 0 Å². The molecule has 2 rings (SSSR count). The standard InChI is InChI=1S/C20H32N2O/c1-14(2)19-12-17(15(3)11-16(19)9-10-21)13-20(23)22-18-7-5-4-6-8-18/h11,14,16-19H,4-9,12-13H2,1-3H3,(H,22,23). The topological polar surface area (TPSA) is 52.9 Å². The Morgan fingerprint density at radius 2 is 2.04 bits per heavy atom. The zero-order chi connectivity index (χ0) is 16.8. The third-order valence-corrected chi connectivity index (χ3v) is 5.81. The lowest BCUT2D eigenvalue weighted by atomic mass is 9.69. The Kier molecular flexibility index (Phi) is 6.69. The van der Waals surface area contributed by atoms with Crippen LogP contribution in [0.1, 0.15) is 72.1 Å². The molecule has 23 heavy (non-hydrogen) atoms. The minimum Gasteiger partial charge on any atom is -0.353 e. The molecule has 3 atom stereocenters. The Labute approximate surface area is 141 Å². The number of hydrogen-bond donors (Lipinski definition) is 1. The lowest BCUT2D eigenvalue weighted by Crippen LogP contribution is -2.38. The van der Waals surface area contributed by atoms with Gasteiger partial charge in [-0.2, -0.15) is 5.26 Å². The summed E-state index contributed by atoms with van der Waals surface area (Å²) in [6.45, 7) is 6.62. The fourth-order valence-corrected chi connectivity index (χ4v) is 4.37. The fourth-order valence-electron chi connectivity index (χ4n) is 4.37. The third kappa shape index (κ3) is 5.09. The van der Waals surface area contributed by atoms with Crippen molar-refractivity contribution in [2.45, 2.75) is 78.2 Å². The smallest absolute Gasteiger partial charge is 0.220 e. The number of nitrogens with zero attached hydrogens (tertiary/aromatic N) is 1. The van der Waals surface area contributed by atoms with Gasteiger partial charge in [0.2, 0.25) is 5.91 Å². The molecule has 1 N–H and O–H groups in total. The lowest BCUT2D eigenvalue weighted by Gasteiger charge is -2.36. The summed E-state index contributed by atoms with van der Waals surface area (Å²) in [6, 6.07) is 2.73. The highest BCUT2D eigenvalue weighted by Crippen LogP contribution is 2.40. The van der Waals surface area contributed by atoms with Crippen LogP contribution >= 0.6 is 0 Å². The van der Waals surface area contributed by atoms with Crippen molar-refractivity contribution < 1.29 is 4.79 Å². The normalized spacial score (nSPS) is 29.0. The van der Waals surface area contributed by atoms with E-state index in [0.29, 0.717) is 42.6 Å². The minimum atomic E-state index is 0.218. The van der Waals surface area contributed by atoms with Gasteiger partial charge in [0, 0.05) is 18.9 Å². The van der Waals surface area contributed by atoms with E-state index in [-0.39, 0.29) is 5.91 Å². The number of carbonyl (C=O) groups excluding carboxylic acids is 1. The van der Waals surface area contributed by atoms with Crippen LogP contribution < -0.4 is 5.32 Å². The molecule has 3 nitrogen and oxygen atoms in total. The molecular formula is C20H32N2O. The summed E-state index contributed by atoms with van der Waals surface area (Å²) in [5.74, 6) is 2.00. The first-order valence-corrected chi connectivity index (χ1v) is 9.36. The van der Waals surface area contributed by atoms with Gasteiger partial charge in [0.05, 0.1) is 6.07 Å². The average molecular weight is 316 g/mol. The maximum absolute atomic E-state index is 12.4. The Balaban J connectivity index is 1.94. The lowest BCUT2D eigenvalue weighted by molar-refractivity contribution is -0.122. The molecule has 0 aromatic carbocycles. The molecule has 0 radical (unpaired) electrons. The van der Waals surface area contributed by atoms with Crippen LogP contribution in [0.4, 0.5) is 0 Å². The van der Waals surface area contributed by atoms with E-state index < -0.39 is 0 Å². The van der Waals surface area contributed by atoms with Crippen LogP contribution in [0.3, 0.4) is 0 Å². The largest absolute Gasteiger partial charge is 0.353 e. The summed E-state index contributed by atoms with van der Waals surface area (Å²) in [5, 5.41) is 12.3. The summed E-state index contributed by atoms with van der Waals surface area (Å²) < 4.78 is 0. The Morgan fingerprint density at radius 1 is 1.35 bits per heavy atom. The summed E-state index contributed by atoms with van der Waals surface area (Å²) in [4.78, 5) is 12.4. The number of carbonyl (C=O) groups is 1. The Morgan fingerprint density at radius 3 is 2.65 bits per heavy atom. The molecule has 2 aliphatic carbocycles. The van der Waals surface area contributed by atoms with Crippen LogP contribution in [0, 0.1) is 35.0 Å². The number of nitrogens with one attached hydrogen (secondary N) is 1. The molecular weight excluding hydrogens is 284 g/mol. The molecule has 0 aromatic heterocycles. The zero-order valence-corrected chi connectivity index (χ0v) is 15.0. The van der Waals surface area contributed by atoms with E-state index in [0.717, 1.165) is 19.3 Å². The van der Waals surface area contributed by atoms with Gasteiger partial charge >= 0.3 is 0 Å². The summed E-state index contributed by atoms with van der Waals surface area (Å²) in [7, 11) is 0. The number of hydrogen-bond acceptors (Lipinski definition) is 2. The highest BCUT2D eigenvalue weighted by molar-refractivity contribution is 5.77. The van der Waals surface area contributed by atoms with Gasteiger partial charge in [0.15, 0.2) is 0 Å². The van der Waals surface area contributed by atoms with Crippen LogP contribution in [0.2, 0.25) is 0 Å². The van der Waals surface area contributed by atoms with E-state index in [1.54, 1.807) is 0 Å². The monoisotopic (exact) mass is 316 g/mol. The van der Waals surface area contributed by atoms with Crippen LogP contribution in [0.5, 0.6) is 0 Å².